The van der Waals surface area contributed by atoms with Crippen LogP contribution >= 0.6 is 23.4 Å². The Morgan fingerprint density at radius 3 is 2.56 bits per heavy atom. The highest BCUT2D eigenvalue weighted by molar-refractivity contribution is 7.99. The lowest BCUT2D eigenvalue weighted by atomic mass is 9.76. The molecule has 0 radical (unpaired) electrons. The molecule has 1 fully saturated rings. The van der Waals surface area contributed by atoms with E-state index >= 15 is 0 Å². The van der Waals surface area contributed by atoms with Gasteiger partial charge in [-0.3, -0.25) is 4.79 Å². The highest BCUT2D eigenvalue weighted by Gasteiger charge is 2.32. The third kappa shape index (κ3) is 6.38. The Balaban J connectivity index is 1.58. The van der Waals surface area contributed by atoms with E-state index < -0.39 is 5.60 Å². The fourth-order valence-electron chi connectivity index (χ4n) is 3.56. The predicted octanol–water partition coefficient (Wildman–Crippen LogP) is 4.57. The summed E-state index contributed by atoms with van der Waals surface area (Å²) in [6.45, 7) is 9.57. The van der Waals surface area contributed by atoms with Crippen molar-refractivity contribution in [2.24, 2.45) is 5.41 Å². The first-order valence-corrected chi connectivity index (χ1v) is 11.8. The Labute approximate surface area is 198 Å². The zero-order valence-electron chi connectivity index (χ0n) is 19.0. The molecule has 8 nitrogen and oxygen atoms in total. The number of carbonyl (C=O) groups excluding carboxylic acids is 1. The quantitative estimate of drug-likeness (QED) is 0.575. The maximum Gasteiger partial charge on any atom is 0.306 e. The molecule has 1 saturated heterocycles. The molecule has 0 unspecified atom stereocenters. The van der Waals surface area contributed by atoms with E-state index in [4.69, 9.17) is 27.8 Å². The van der Waals surface area contributed by atoms with E-state index in [2.05, 4.69) is 26.8 Å². The van der Waals surface area contributed by atoms with Crippen LogP contribution in [-0.2, 0) is 9.53 Å². The van der Waals surface area contributed by atoms with Gasteiger partial charge in [0.05, 0.1) is 11.2 Å². The van der Waals surface area contributed by atoms with Crippen LogP contribution in [0.15, 0.2) is 28.4 Å². The number of rotatable bonds is 6. The van der Waals surface area contributed by atoms with Gasteiger partial charge in [0.25, 0.3) is 0 Å². The van der Waals surface area contributed by atoms with Gasteiger partial charge in [-0.15, -0.1) is 0 Å². The molecule has 0 saturated carbocycles. The van der Waals surface area contributed by atoms with Crippen molar-refractivity contribution in [3.05, 3.63) is 23.5 Å². The molecule has 3 rings (SSSR count). The lowest BCUT2D eigenvalue weighted by Gasteiger charge is -2.40. The molecule has 1 aliphatic heterocycles. The fraction of sp³-hybridized carbons (Fsp3) is 0.545. The van der Waals surface area contributed by atoms with Crippen molar-refractivity contribution >= 4 is 46.8 Å². The molecule has 174 valence electrons. The summed E-state index contributed by atoms with van der Waals surface area (Å²) in [5.74, 6) is 1.23. The highest BCUT2D eigenvalue weighted by atomic mass is 35.5. The molecule has 0 aliphatic carbocycles. The second-order valence-corrected chi connectivity index (χ2v) is 10.8. The van der Waals surface area contributed by atoms with E-state index in [1.165, 1.54) is 11.8 Å². The standard InChI is InChI=1S/C22H31ClN6O2S/c1-21(2,3)31-16(30)5-7-22(4)8-11-29(12-9-22)15-13-27-20(19(25)28-15)32-14-6-10-26-18(24)17(14)23/h6,10,13H,5,7-9,11-12H2,1-4H3,(H2,24,26)(H2,25,28). The number of halogens is 1. The van der Waals surface area contributed by atoms with Gasteiger partial charge in [0.1, 0.15) is 22.3 Å². The number of nitrogen functional groups attached to an aromatic ring is 2. The number of hydrogen-bond donors (Lipinski definition) is 2. The number of esters is 1. The van der Waals surface area contributed by atoms with E-state index in [1.54, 1.807) is 18.5 Å². The Morgan fingerprint density at radius 1 is 1.25 bits per heavy atom. The monoisotopic (exact) mass is 478 g/mol. The molecule has 0 spiro atoms. The van der Waals surface area contributed by atoms with Gasteiger partial charge >= 0.3 is 5.97 Å². The molecule has 2 aromatic heterocycles. The number of ether oxygens (including phenoxy) is 1. The molecule has 4 N–H and O–H groups in total. The van der Waals surface area contributed by atoms with Gasteiger partial charge in [-0.05, 0) is 51.5 Å². The number of nitrogens with zero attached hydrogens (tertiary/aromatic N) is 4. The van der Waals surface area contributed by atoms with Crippen LogP contribution < -0.4 is 16.4 Å². The second-order valence-electron chi connectivity index (χ2n) is 9.41. The van der Waals surface area contributed by atoms with Crippen molar-refractivity contribution in [2.75, 3.05) is 29.5 Å². The number of hydrogen-bond acceptors (Lipinski definition) is 9. The van der Waals surface area contributed by atoms with E-state index in [-0.39, 0.29) is 17.2 Å². The van der Waals surface area contributed by atoms with Crippen molar-refractivity contribution in [2.45, 2.75) is 68.9 Å². The molecule has 2 aromatic rings. The maximum absolute atomic E-state index is 12.1. The second kappa shape index (κ2) is 9.70. The summed E-state index contributed by atoms with van der Waals surface area (Å²) < 4.78 is 5.44. The van der Waals surface area contributed by atoms with E-state index in [0.717, 1.165) is 43.1 Å². The average Bonchev–Trinajstić information content (AvgIpc) is 2.71. The highest BCUT2D eigenvalue weighted by Crippen LogP contribution is 2.39. The first kappa shape index (κ1) is 24.4. The summed E-state index contributed by atoms with van der Waals surface area (Å²) in [7, 11) is 0. The molecule has 1 aliphatic rings. The van der Waals surface area contributed by atoms with Crippen LogP contribution in [0.5, 0.6) is 0 Å². The van der Waals surface area contributed by atoms with Gasteiger partial charge in [0.2, 0.25) is 0 Å². The van der Waals surface area contributed by atoms with Crippen LogP contribution in [0.4, 0.5) is 17.5 Å². The van der Waals surface area contributed by atoms with Crippen LogP contribution in [0.1, 0.15) is 53.4 Å². The lowest BCUT2D eigenvalue weighted by molar-refractivity contribution is -0.155. The van der Waals surface area contributed by atoms with Gasteiger partial charge in [-0.2, -0.15) is 0 Å². The van der Waals surface area contributed by atoms with Crippen LogP contribution in [0.3, 0.4) is 0 Å². The maximum atomic E-state index is 12.1. The van der Waals surface area contributed by atoms with Gasteiger partial charge in [0, 0.05) is 30.6 Å². The number of pyridine rings is 1. The van der Waals surface area contributed by atoms with Gasteiger partial charge in [-0.25, -0.2) is 15.0 Å². The first-order valence-electron chi connectivity index (χ1n) is 10.6. The fourth-order valence-corrected chi connectivity index (χ4v) is 4.57. The molecule has 0 atom stereocenters. The van der Waals surface area contributed by atoms with Crippen LogP contribution in [0.25, 0.3) is 0 Å². The first-order chi connectivity index (χ1) is 15.0. The van der Waals surface area contributed by atoms with Crippen molar-refractivity contribution < 1.29 is 9.53 Å². The number of piperidine rings is 1. The van der Waals surface area contributed by atoms with Gasteiger partial charge in [-0.1, -0.05) is 30.3 Å². The van der Waals surface area contributed by atoms with Crippen molar-refractivity contribution in [3.8, 4) is 0 Å². The summed E-state index contributed by atoms with van der Waals surface area (Å²) in [5.41, 5.74) is 11.6. The molecule has 0 amide bonds. The molecule has 3 heterocycles. The SMILES string of the molecule is CC1(CCC(=O)OC(C)(C)C)CCN(c2cnc(Sc3ccnc(N)c3Cl)c(N)n2)CC1. The van der Waals surface area contributed by atoms with Gasteiger partial charge in [0.15, 0.2) is 5.82 Å². The largest absolute Gasteiger partial charge is 0.460 e. The molecular formula is C22H31ClN6O2S. The van der Waals surface area contributed by atoms with E-state index in [0.29, 0.717) is 22.3 Å². The molecular weight excluding hydrogens is 448 g/mol. The Morgan fingerprint density at radius 2 is 1.94 bits per heavy atom. The predicted molar refractivity (Wildman–Crippen MR) is 129 cm³/mol. The number of carbonyl (C=O) groups is 1. The van der Waals surface area contributed by atoms with Crippen LogP contribution in [-0.4, -0.2) is 39.6 Å². The lowest BCUT2D eigenvalue weighted by Crippen LogP contribution is -2.39. The molecule has 0 bridgehead atoms. The Hall–Kier alpha value is -2.26. The third-order valence-corrected chi connectivity index (χ3v) is 7.06. The number of anilines is 3. The molecule has 10 heteroatoms. The minimum absolute atomic E-state index is 0.0974. The summed E-state index contributed by atoms with van der Waals surface area (Å²) >= 11 is 7.53. The summed E-state index contributed by atoms with van der Waals surface area (Å²) in [6.07, 6.45) is 6.50. The summed E-state index contributed by atoms with van der Waals surface area (Å²) in [5, 5.41) is 0.949. The van der Waals surface area contributed by atoms with Crippen molar-refractivity contribution in [1.82, 2.24) is 15.0 Å². The number of nitrogens with two attached hydrogens (primary N) is 2. The van der Waals surface area contributed by atoms with Crippen LogP contribution in [0.2, 0.25) is 5.02 Å². The molecule has 0 aromatic carbocycles. The zero-order chi connectivity index (χ0) is 23.5. The summed E-state index contributed by atoms with van der Waals surface area (Å²) in [4.78, 5) is 28.0. The summed E-state index contributed by atoms with van der Waals surface area (Å²) in [6, 6.07) is 1.77. The minimum Gasteiger partial charge on any atom is -0.460 e. The average molecular weight is 479 g/mol. The molecule has 32 heavy (non-hydrogen) atoms. The Kier molecular flexibility index (Phi) is 7.39. The van der Waals surface area contributed by atoms with Crippen molar-refractivity contribution in [1.29, 1.82) is 0 Å². The normalized spacial score (nSPS) is 16.1. The van der Waals surface area contributed by atoms with E-state index in [1.807, 2.05) is 20.8 Å². The smallest absolute Gasteiger partial charge is 0.306 e. The minimum atomic E-state index is -0.445. The topological polar surface area (TPSA) is 120 Å². The van der Waals surface area contributed by atoms with Gasteiger partial charge < -0.3 is 21.1 Å². The number of aromatic nitrogens is 3. The van der Waals surface area contributed by atoms with E-state index in [9.17, 15) is 4.79 Å². The zero-order valence-corrected chi connectivity index (χ0v) is 20.6. The Bertz CT molecular complexity index is 973. The third-order valence-electron chi connectivity index (χ3n) is 5.49. The van der Waals surface area contributed by atoms with Crippen molar-refractivity contribution in [3.63, 3.8) is 0 Å². The van der Waals surface area contributed by atoms with Crippen LogP contribution in [0, 0.1) is 5.41 Å².